The third kappa shape index (κ3) is 1.36. The lowest BCUT2D eigenvalue weighted by Crippen LogP contribution is -2.21. The first-order chi connectivity index (χ1) is 5.77. The van der Waals surface area contributed by atoms with Crippen LogP contribution in [0.25, 0.3) is 0 Å². The van der Waals surface area contributed by atoms with E-state index in [1.165, 1.54) is 9.77 Å². The molecule has 0 radical (unpaired) electrons. The zero-order chi connectivity index (χ0) is 8.55. The smallest absolute Gasteiger partial charge is 0.307 e. The minimum atomic E-state index is -0.665. The van der Waals surface area contributed by atoms with E-state index < -0.39 is 5.97 Å². The van der Waals surface area contributed by atoms with Gasteiger partial charge in [0.05, 0.1) is 5.92 Å². The van der Waals surface area contributed by atoms with Crippen molar-refractivity contribution in [3.63, 3.8) is 0 Å². The fourth-order valence-corrected chi connectivity index (χ4v) is 3.54. The molecule has 1 atom stereocenters. The molecule has 1 unspecified atom stereocenters. The molecule has 0 bridgehead atoms. The SMILES string of the molecule is O=C(O)C1CSc2ccsc2C1. The average Bonchev–Trinajstić information content (AvgIpc) is 2.49. The molecule has 64 valence electrons. The van der Waals surface area contributed by atoms with E-state index in [-0.39, 0.29) is 5.92 Å². The Hall–Kier alpha value is -0.480. The molecule has 4 heteroatoms. The van der Waals surface area contributed by atoms with Gasteiger partial charge in [-0.05, 0) is 17.9 Å². The number of fused-ring (bicyclic) bond motifs is 1. The van der Waals surface area contributed by atoms with Gasteiger partial charge in [-0.3, -0.25) is 4.79 Å². The summed E-state index contributed by atoms with van der Waals surface area (Å²) in [7, 11) is 0. The molecule has 2 rings (SSSR count). The minimum Gasteiger partial charge on any atom is -0.481 e. The summed E-state index contributed by atoms with van der Waals surface area (Å²) >= 11 is 3.32. The second-order valence-electron chi connectivity index (χ2n) is 2.76. The normalized spacial score (nSPS) is 21.8. The molecule has 1 aliphatic heterocycles. The number of carboxylic acids is 1. The summed E-state index contributed by atoms with van der Waals surface area (Å²) in [4.78, 5) is 13.2. The van der Waals surface area contributed by atoms with Crippen LogP contribution in [0.2, 0.25) is 0 Å². The number of rotatable bonds is 1. The Morgan fingerprint density at radius 1 is 1.67 bits per heavy atom. The standard InChI is InChI=1S/C8H8O2S2/c9-8(10)5-3-7-6(12-4-5)1-2-11-7/h1-2,5H,3-4H2,(H,9,10). The van der Waals surface area contributed by atoms with Crippen LogP contribution in [-0.4, -0.2) is 16.8 Å². The second kappa shape index (κ2) is 3.11. The van der Waals surface area contributed by atoms with Crippen molar-refractivity contribution in [2.75, 3.05) is 5.75 Å². The van der Waals surface area contributed by atoms with Crippen molar-refractivity contribution in [1.29, 1.82) is 0 Å². The van der Waals surface area contributed by atoms with Crippen LogP contribution in [0.1, 0.15) is 4.88 Å². The fourth-order valence-electron chi connectivity index (χ4n) is 1.24. The summed E-state index contributed by atoms with van der Waals surface area (Å²) in [5, 5.41) is 10.8. The van der Waals surface area contributed by atoms with Crippen molar-refractivity contribution < 1.29 is 9.90 Å². The number of hydrogen-bond acceptors (Lipinski definition) is 3. The lowest BCUT2D eigenvalue weighted by atomic mass is 10.1. The van der Waals surface area contributed by atoms with Crippen LogP contribution in [0.4, 0.5) is 0 Å². The average molecular weight is 200 g/mol. The van der Waals surface area contributed by atoms with Crippen molar-refractivity contribution in [3.05, 3.63) is 16.3 Å². The maximum absolute atomic E-state index is 10.7. The maximum atomic E-state index is 10.7. The van der Waals surface area contributed by atoms with Gasteiger partial charge in [-0.1, -0.05) is 0 Å². The molecular formula is C8H8O2S2. The highest BCUT2D eigenvalue weighted by molar-refractivity contribution is 7.99. The van der Waals surface area contributed by atoms with Gasteiger partial charge in [-0.2, -0.15) is 0 Å². The van der Waals surface area contributed by atoms with Crippen molar-refractivity contribution >= 4 is 29.1 Å². The van der Waals surface area contributed by atoms with Crippen molar-refractivity contribution in [3.8, 4) is 0 Å². The summed E-state index contributed by atoms with van der Waals surface area (Å²) in [5.41, 5.74) is 0. The van der Waals surface area contributed by atoms with Crippen molar-refractivity contribution in [2.24, 2.45) is 5.92 Å². The fraction of sp³-hybridized carbons (Fsp3) is 0.375. The highest BCUT2D eigenvalue weighted by Gasteiger charge is 2.25. The van der Waals surface area contributed by atoms with Crippen LogP contribution in [-0.2, 0) is 11.2 Å². The Labute approximate surface area is 78.6 Å². The van der Waals surface area contributed by atoms with Crippen LogP contribution in [0.3, 0.4) is 0 Å². The molecule has 1 N–H and O–H groups in total. The van der Waals surface area contributed by atoms with Gasteiger partial charge in [0.2, 0.25) is 0 Å². The molecule has 2 nitrogen and oxygen atoms in total. The first-order valence-electron chi connectivity index (χ1n) is 3.69. The van der Waals surface area contributed by atoms with Gasteiger partial charge < -0.3 is 5.11 Å². The Kier molecular flexibility index (Phi) is 2.11. The molecular weight excluding hydrogens is 192 g/mol. The number of thioether (sulfide) groups is 1. The molecule has 0 amide bonds. The first-order valence-corrected chi connectivity index (χ1v) is 5.56. The number of thiophene rings is 1. The maximum Gasteiger partial charge on any atom is 0.307 e. The van der Waals surface area contributed by atoms with E-state index >= 15 is 0 Å². The Morgan fingerprint density at radius 3 is 3.25 bits per heavy atom. The topological polar surface area (TPSA) is 37.3 Å². The van der Waals surface area contributed by atoms with Crippen LogP contribution < -0.4 is 0 Å². The van der Waals surface area contributed by atoms with Crippen molar-refractivity contribution in [1.82, 2.24) is 0 Å². The van der Waals surface area contributed by atoms with E-state index in [0.29, 0.717) is 0 Å². The van der Waals surface area contributed by atoms with E-state index in [1.807, 2.05) is 5.38 Å². The van der Waals surface area contributed by atoms with Gasteiger partial charge in [-0.15, -0.1) is 23.1 Å². The van der Waals surface area contributed by atoms with Gasteiger partial charge in [-0.25, -0.2) is 0 Å². The van der Waals surface area contributed by atoms with Crippen LogP contribution in [0.15, 0.2) is 16.3 Å². The van der Waals surface area contributed by atoms with Crippen LogP contribution in [0, 0.1) is 5.92 Å². The predicted octanol–water partition coefficient (Wildman–Crippen LogP) is 2.10. The predicted molar refractivity (Wildman–Crippen MR) is 49.9 cm³/mol. The van der Waals surface area contributed by atoms with Crippen LogP contribution in [0.5, 0.6) is 0 Å². The third-order valence-corrected chi connectivity index (χ3v) is 4.26. The summed E-state index contributed by atoms with van der Waals surface area (Å²) in [6.07, 6.45) is 0.718. The van der Waals surface area contributed by atoms with Crippen LogP contribution >= 0.6 is 23.1 Å². The van der Waals surface area contributed by atoms with Gasteiger partial charge in [0, 0.05) is 15.5 Å². The molecule has 0 saturated carbocycles. The van der Waals surface area contributed by atoms with Gasteiger partial charge in [0.1, 0.15) is 0 Å². The Morgan fingerprint density at radius 2 is 2.50 bits per heavy atom. The Bertz CT molecular complexity index is 306. The number of aliphatic carboxylic acids is 1. The summed E-state index contributed by atoms with van der Waals surface area (Å²) in [5.74, 6) is -0.123. The first kappa shape index (κ1) is 8.13. The molecule has 1 aromatic rings. The zero-order valence-corrected chi connectivity index (χ0v) is 7.95. The molecule has 0 saturated heterocycles. The monoisotopic (exact) mass is 200 g/mol. The van der Waals surface area contributed by atoms with E-state index in [9.17, 15) is 4.79 Å². The largest absolute Gasteiger partial charge is 0.481 e. The zero-order valence-electron chi connectivity index (χ0n) is 6.32. The van der Waals surface area contributed by atoms with E-state index in [4.69, 9.17) is 5.11 Å². The van der Waals surface area contributed by atoms with Crippen molar-refractivity contribution in [2.45, 2.75) is 11.3 Å². The highest BCUT2D eigenvalue weighted by Crippen LogP contribution is 2.36. The lowest BCUT2D eigenvalue weighted by molar-refractivity contribution is -0.140. The quantitative estimate of drug-likeness (QED) is 0.754. The van der Waals surface area contributed by atoms with Gasteiger partial charge in [0.15, 0.2) is 0 Å². The third-order valence-electron chi connectivity index (χ3n) is 1.93. The van der Waals surface area contributed by atoms with Gasteiger partial charge >= 0.3 is 5.97 Å². The molecule has 1 aliphatic rings. The summed E-state index contributed by atoms with van der Waals surface area (Å²) < 4.78 is 0. The van der Waals surface area contributed by atoms with E-state index in [1.54, 1.807) is 23.1 Å². The Balaban J connectivity index is 2.20. The lowest BCUT2D eigenvalue weighted by Gasteiger charge is -2.17. The number of hydrogen-bond donors (Lipinski definition) is 1. The molecule has 12 heavy (non-hydrogen) atoms. The molecule has 2 heterocycles. The van der Waals surface area contributed by atoms with Gasteiger partial charge in [0.25, 0.3) is 0 Å². The number of carboxylic acid groups (broad SMARTS) is 1. The number of carbonyl (C=O) groups is 1. The second-order valence-corrected chi connectivity index (χ2v) is 4.82. The molecule has 0 aromatic carbocycles. The minimum absolute atomic E-state index is 0.179. The molecule has 0 aliphatic carbocycles. The molecule has 0 fully saturated rings. The summed E-state index contributed by atoms with van der Waals surface area (Å²) in [6, 6.07) is 2.07. The van der Waals surface area contributed by atoms with E-state index in [2.05, 4.69) is 6.07 Å². The molecule has 1 aromatic heterocycles. The summed E-state index contributed by atoms with van der Waals surface area (Å²) in [6.45, 7) is 0. The van der Waals surface area contributed by atoms with E-state index in [0.717, 1.165) is 12.2 Å². The highest BCUT2D eigenvalue weighted by atomic mass is 32.2. The molecule has 0 spiro atoms.